The Kier molecular flexibility index (Phi) is 2.40. The van der Waals surface area contributed by atoms with Crippen molar-refractivity contribution in [2.75, 3.05) is 0 Å². The minimum absolute atomic E-state index is 0.0685. The van der Waals surface area contributed by atoms with Crippen LogP contribution in [0.5, 0.6) is 5.75 Å². The Labute approximate surface area is 96.8 Å². The third-order valence-corrected chi connectivity index (χ3v) is 3.75. The minimum Gasteiger partial charge on any atom is -0.490 e. The third kappa shape index (κ3) is 2.07. The van der Waals surface area contributed by atoms with E-state index in [1.165, 1.54) is 24.8 Å². The fourth-order valence-electron chi connectivity index (χ4n) is 2.15. The van der Waals surface area contributed by atoms with Gasteiger partial charge in [-0.25, -0.2) is 0 Å². The Morgan fingerprint density at radius 3 is 2.62 bits per heavy atom. The van der Waals surface area contributed by atoms with Gasteiger partial charge in [-0.2, -0.15) is 0 Å². The largest absolute Gasteiger partial charge is 0.490 e. The minimum atomic E-state index is 0.0685. The molecule has 0 heterocycles. The summed E-state index contributed by atoms with van der Waals surface area (Å²) in [6.45, 7) is 0. The highest BCUT2D eigenvalue weighted by Crippen LogP contribution is 2.38. The van der Waals surface area contributed by atoms with Gasteiger partial charge in [-0.3, -0.25) is 0 Å². The van der Waals surface area contributed by atoms with Crippen LogP contribution in [-0.2, 0) is 6.42 Å². The van der Waals surface area contributed by atoms with Gasteiger partial charge in [0.05, 0.1) is 6.10 Å². The van der Waals surface area contributed by atoms with Gasteiger partial charge in [0.1, 0.15) is 5.75 Å². The second-order valence-electron chi connectivity index (χ2n) is 5.32. The van der Waals surface area contributed by atoms with Crippen LogP contribution in [0.3, 0.4) is 0 Å². The van der Waals surface area contributed by atoms with Gasteiger partial charge in [0.25, 0.3) is 0 Å². The van der Waals surface area contributed by atoms with Gasteiger partial charge in [0, 0.05) is 5.54 Å². The van der Waals surface area contributed by atoms with Crippen LogP contribution >= 0.6 is 0 Å². The number of para-hydroxylation sites is 1. The molecule has 3 rings (SSSR count). The Bertz CT molecular complexity index is 380. The molecule has 16 heavy (non-hydrogen) atoms. The van der Waals surface area contributed by atoms with Crippen LogP contribution in [0.4, 0.5) is 0 Å². The maximum absolute atomic E-state index is 6.17. The highest BCUT2D eigenvalue weighted by atomic mass is 16.5. The second-order valence-corrected chi connectivity index (χ2v) is 5.32. The molecule has 0 spiro atoms. The van der Waals surface area contributed by atoms with E-state index in [1.807, 2.05) is 6.07 Å². The molecule has 2 N–H and O–H groups in total. The summed E-state index contributed by atoms with van der Waals surface area (Å²) >= 11 is 0. The van der Waals surface area contributed by atoms with E-state index in [2.05, 4.69) is 18.2 Å². The summed E-state index contributed by atoms with van der Waals surface area (Å²) in [6.07, 6.45) is 7.47. The fraction of sp³-hybridized carbons (Fsp3) is 0.571. The van der Waals surface area contributed by atoms with Gasteiger partial charge in [-0.15, -0.1) is 0 Å². The summed E-state index contributed by atoms with van der Waals surface area (Å²) in [6, 6.07) is 8.36. The molecule has 2 saturated carbocycles. The van der Waals surface area contributed by atoms with Crippen molar-refractivity contribution in [3.8, 4) is 5.75 Å². The molecular weight excluding hydrogens is 198 g/mol. The first-order chi connectivity index (χ1) is 7.75. The van der Waals surface area contributed by atoms with Crippen LogP contribution in [0.25, 0.3) is 0 Å². The maximum Gasteiger partial charge on any atom is 0.122 e. The van der Waals surface area contributed by atoms with Gasteiger partial charge in [0.2, 0.25) is 0 Å². The summed E-state index contributed by atoms with van der Waals surface area (Å²) < 4.78 is 6.00. The summed E-state index contributed by atoms with van der Waals surface area (Å²) in [5.74, 6) is 1.06. The Balaban J connectivity index is 1.74. The van der Waals surface area contributed by atoms with Crippen LogP contribution in [0, 0.1) is 0 Å². The van der Waals surface area contributed by atoms with Crippen molar-refractivity contribution in [3.63, 3.8) is 0 Å². The Hall–Kier alpha value is -1.02. The lowest BCUT2D eigenvalue weighted by Gasteiger charge is -2.27. The average Bonchev–Trinajstić information content (AvgIpc) is 2.92. The third-order valence-electron chi connectivity index (χ3n) is 3.75. The van der Waals surface area contributed by atoms with Crippen molar-refractivity contribution >= 4 is 0 Å². The quantitative estimate of drug-likeness (QED) is 0.841. The van der Waals surface area contributed by atoms with Crippen LogP contribution in [0.2, 0.25) is 0 Å². The molecule has 2 aliphatic carbocycles. The van der Waals surface area contributed by atoms with E-state index in [9.17, 15) is 0 Å². The Morgan fingerprint density at radius 1 is 1.25 bits per heavy atom. The van der Waals surface area contributed by atoms with Gasteiger partial charge in [-0.1, -0.05) is 18.2 Å². The molecular formula is C14H19NO. The molecule has 0 aliphatic heterocycles. The molecule has 0 amide bonds. The van der Waals surface area contributed by atoms with Gasteiger partial charge in [-0.05, 0) is 50.2 Å². The monoisotopic (exact) mass is 217 g/mol. The topological polar surface area (TPSA) is 35.2 Å². The van der Waals surface area contributed by atoms with Crippen molar-refractivity contribution in [3.05, 3.63) is 29.8 Å². The fourth-order valence-corrected chi connectivity index (χ4v) is 2.15. The number of hydrogen-bond acceptors (Lipinski definition) is 2. The maximum atomic E-state index is 6.17. The molecule has 2 nitrogen and oxygen atoms in total. The standard InChI is InChI=1S/C14H19NO/c15-14(8-9-14)10-11-4-1-2-7-13(11)16-12-5-3-6-12/h1-2,4,7,12H,3,5-6,8-10,15H2. The highest BCUT2D eigenvalue weighted by molar-refractivity contribution is 5.36. The molecule has 2 aliphatic rings. The first-order valence-electron chi connectivity index (χ1n) is 6.29. The van der Waals surface area contributed by atoms with E-state index in [1.54, 1.807) is 0 Å². The summed E-state index contributed by atoms with van der Waals surface area (Å²) in [5.41, 5.74) is 7.52. The van der Waals surface area contributed by atoms with E-state index in [0.717, 1.165) is 25.0 Å². The lowest BCUT2D eigenvalue weighted by Crippen LogP contribution is -2.27. The lowest BCUT2D eigenvalue weighted by atomic mass is 9.96. The summed E-state index contributed by atoms with van der Waals surface area (Å²) in [4.78, 5) is 0. The van der Waals surface area contributed by atoms with Gasteiger partial charge >= 0.3 is 0 Å². The van der Waals surface area contributed by atoms with Crippen molar-refractivity contribution < 1.29 is 4.74 Å². The van der Waals surface area contributed by atoms with E-state index in [0.29, 0.717) is 6.10 Å². The van der Waals surface area contributed by atoms with Gasteiger partial charge in [0.15, 0.2) is 0 Å². The molecule has 0 unspecified atom stereocenters. The van der Waals surface area contributed by atoms with E-state index >= 15 is 0 Å². The zero-order valence-electron chi connectivity index (χ0n) is 9.61. The Morgan fingerprint density at radius 2 is 2.00 bits per heavy atom. The predicted octanol–water partition coefficient (Wildman–Crippen LogP) is 2.65. The molecule has 1 aromatic carbocycles. The second kappa shape index (κ2) is 3.77. The molecule has 0 aromatic heterocycles. The average molecular weight is 217 g/mol. The van der Waals surface area contributed by atoms with Crippen LogP contribution in [-0.4, -0.2) is 11.6 Å². The SMILES string of the molecule is NC1(Cc2ccccc2OC2CCC2)CC1. The van der Waals surface area contributed by atoms with Gasteiger partial charge < -0.3 is 10.5 Å². The number of rotatable bonds is 4. The molecule has 86 valence electrons. The van der Waals surface area contributed by atoms with Crippen molar-refractivity contribution in [2.24, 2.45) is 5.73 Å². The zero-order valence-corrected chi connectivity index (χ0v) is 9.61. The summed E-state index contributed by atoms with van der Waals surface area (Å²) in [5, 5.41) is 0. The zero-order chi connectivity index (χ0) is 11.0. The number of ether oxygens (including phenoxy) is 1. The van der Waals surface area contributed by atoms with E-state index in [-0.39, 0.29) is 5.54 Å². The predicted molar refractivity (Wildman–Crippen MR) is 64.6 cm³/mol. The number of benzene rings is 1. The normalized spacial score (nSPS) is 22.6. The van der Waals surface area contributed by atoms with Crippen molar-refractivity contribution in [1.29, 1.82) is 0 Å². The highest BCUT2D eigenvalue weighted by Gasteiger charge is 2.38. The molecule has 2 heteroatoms. The number of nitrogens with two attached hydrogens (primary N) is 1. The molecule has 2 fully saturated rings. The molecule has 1 aromatic rings. The van der Waals surface area contributed by atoms with Crippen LogP contribution in [0.15, 0.2) is 24.3 Å². The number of hydrogen-bond donors (Lipinski definition) is 1. The van der Waals surface area contributed by atoms with Crippen LogP contribution in [0.1, 0.15) is 37.7 Å². The van der Waals surface area contributed by atoms with Crippen molar-refractivity contribution in [2.45, 2.75) is 50.2 Å². The molecule has 0 bridgehead atoms. The van der Waals surface area contributed by atoms with Crippen molar-refractivity contribution in [1.82, 2.24) is 0 Å². The molecule has 0 saturated heterocycles. The lowest BCUT2D eigenvalue weighted by molar-refractivity contribution is 0.119. The smallest absolute Gasteiger partial charge is 0.122 e. The molecule has 0 radical (unpaired) electrons. The van der Waals surface area contributed by atoms with E-state index in [4.69, 9.17) is 10.5 Å². The summed E-state index contributed by atoms with van der Waals surface area (Å²) in [7, 11) is 0. The van der Waals surface area contributed by atoms with E-state index < -0.39 is 0 Å². The first-order valence-corrected chi connectivity index (χ1v) is 6.29. The molecule has 0 atom stereocenters. The first kappa shape index (κ1) is 10.2. The van der Waals surface area contributed by atoms with Crippen LogP contribution < -0.4 is 10.5 Å².